The van der Waals surface area contributed by atoms with Crippen molar-refractivity contribution in [3.63, 3.8) is 0 Å². The van der Waals surface area contributed by atoms with Crippen molar-refractivity contribution >= 4 is 0 Å². The Morgan fingerprint density at radius 1 is 1.17 bits per heavy atom. The number of hydrogen-bond donors (Lipinski definition) is 0. The number of rotatable bonds is 7. The third-order valence-electron chi connectivity index (χ3n) is 5.11. The second-order valence-corrected chi connectivity index (χ2v) is 7.27. The maximum absolute atomic E-state index is 5.83. The van der Waals surface area contributed by atoms with Crippen LogP contribution < -0.4 is 0 Å². The van der Waals surface area contributed by atoms with Gasteiger partial charge in [-0.1, -0.05) is 51.5 Å². The summed E-state index contributed by atoms with van der Waals surface area (Å²) < 4.78 is 5.83. The highest BCUT2D eigenvalue weighted by molar-refractivity contribution is 5.27. The van der Waals surface area contributed by atoms with Crippen LogP contribution in [0, 0.1) is 5.92 Å². The Kier molecular flexibility index (Phi) is 7.20. The molecule has 1 aliphatic carbocycles. The molecule has 0 heterocycles. The molecule has 0 amide bonds. The van der Waals surface area contributed by atoms with Gasteiger partial charge >= 0.3 is 0 Å². The lowest BCUT2D eigenvalue weighted by molar-refractivity contribution is 0.191. The van der Waals surface area contributed by atoms with Crippen molar-refractivity contribution in [3.8, 4) is 0 Å². The molecule has 0 saturated heterocycles. The van der Waals surface area contributed by atoms with Crippen molar-refractivity contribution in [2.24, 2.45) is 5.92 Å². The summed E-state index contributed by atoms with van der Waals surface area (Å²) >= 11 is 0. The Morgan fingerprint density at radius 2 is 1.91 bits per heavy atom. The molecule has 128 valence electrons. The first-order chi connectivity index (χ1) is 11.1. The van der Waals surface area contributed by atoms with Gasteiger partial charge in [-0.2, -0.15) is 0 Å². The van der Waals surface area contributed by atoms with Crippen molar-refractivity contribution in [3.05, 3.63) is 47.2 Å². The van der Waals surface area contributed by atoms with Crippen molar-refractivity contribution in [2.75, 3.05) is 6.61 Å². The van der Waals surface area contributed by atoms with Gasteiger partial charge in [0.1, 0.15) is 0 Å². The van der Waals surface area contributed by atoms with E-state index in [0.29, 0.717) is 5.92 Å². The van der Waals surface area contributed by atoms with Gasteiger partial charge in [0.05, 0.1) is 12.4 Å². The van der Waals surface area contributed by atoms with Gasteiger partial charge in [0, 0.05) is 6.42 Å². The van der Waals surface area contributed by atoms with E-state index in [-0.39, 0.29) is 0 Å². The van der Waals surface area contributed by atoms with Crippen molar-refractivity contribution in [1.82, 2.24) is 0 Å². The topological polar surface area (TPSA) is 9.23 Å². The maximum atomic E-state index is 5.83. The summed E-state index contributed by atoms with van der Waals surface area (Å²) in [5.41, 5.74) is 2.99. The molecule has 1 nitrogen and oxygen atoms in total. The standard InChI is InChI=1S/C22H34O/c1-5-8-22(23-6-2)16-18-9-7-10-21(15-18)20-13-11-19(12-14-20)17(3)4/h8,11-14,17-18,21H,5-7,9-10,15-16H2,1-4H3/b22-8+. The fraction of sp³-hybridized carbons (Fsp3) is 0.636. The minimum atomic E-state index is 0.621. The highest BCUT2D eigenvalue weighted by Crippen LogP contribution is 2.39. The molecule has 0 bridgehead atoms. The Labute approximate surface area is 143 Å². The Bertz CT molecular complexity index is 483. The lowest BCUT2D eigenvalue weighted by Gasteiger charge is -2.30. The van der Waals surface area contributed by atoms with Crippen LogP contribution in [0.1, 0.15) is 89.2 Å². The van der Waals surface area contributed by atoms with Gasteiger partial charge in [-0.05, 0) is 67.6 Å². The molecule has 1 saturated carbocycles. The highest BCUT2D eigenvalue weighted by Gasteiger charge is 2.24. The zero-order valence-electron chi connectivity index (χ0n) is 15.5. The second kappa shape index (κ2) is 9.15. The van der Waals surface area contributed by atoms with Gasteiger partial charge in [0.15, 0.2) is 0 Å². The van der Waals surface area contributed by atoms with Crippen LogP contribution in [0.2, 0.25) is 0 Å². The number of allylic oxidation sites excluding steroid dienone is 2. The Morgan fingerprint density at radius 3 is 2.52 bits per heavy atom. The van der Waals surface area contributed by atoms with E-state index < -0.39 is 0 Å². The van der Waals surface area contributed by atoms with Crippen LogP contribution in [0.15, 0.2) is 36.1 Å². The monoisotopic (exact) mass is 314 g/mol. The first-order valence-electron chi connectivity index (χ1n) is 9.55. The van der Waals surface area contributed by atoms with E-state index in [1.165, 1.54) is 42.6 Å². The van der Waals surface area contributed by atoms with E-state index >= 15 is 0 Å². The zero-order valence-corrected chi connectivity index (χ0v) is 15.5. The molecule has 0 aliphatic heterocycles. The summed E-state index contributed by atoms with van der Waals surface area (Å²) in [5, 5.41) is 0. The van der Waals surface area contributed by atoms with Gasteiger partial charge in [-0.25, -0.2) is 0 Å². The molecular weight excluding hydrogens is 280 g/mol. The summed E-state index contributed by atoms with van der Waals surface area (Å²) in [4.78, 5) is 0. The average molecular weight is 315 g/mol. The van der Waals surface area contributed by atoms with Crippen molar-refractivity contribution < 1.29 is 4.74 Å². The molecule has 0 radical (unpaired) electrons. The van der Waals surface area contributed by atoms with Crippen LogP contribution in [0.4, 0.5) is 0 Å². The summed E-state index contributed by atoms with van der Waals surface area (Å²) in [5.74, 6) is 3.36. The summed E-state index contributed by atoms with van der Waals surface area (Å²) in [6.45, 7) is 9.60. The van der Waals surface area contributed by atoms with Crippen LogP contribution in [0.3, 0.4) is 0 Å². The minimum absolute atomic E-state index is 0.621. The van der Waals surface area contributed by atoms with Gasteiger partial charge in [0.2, 0.25) is 0 Å². The molecule has 2 atom stereocenters. The van der Waals surface area contributed by atoms with Crippen LogP contribution in [0.25, 0.3) is 0 Å². The molecule has 0 spiro atoms. The predicted molar refractivity (Wildman–Crippen MR) is 99.8 cm³/mol. The molecule has 1 fully saturated rings. The molecule has 0 aromatic heterocycles. The number of hydrogen-bond acceptors (Lipinski definition) is 1. The Hall–Kier alpha value is -1.24. The van der Waals surface area contributed by atoms with Crippen LogP contribution in [-0.2, 0) is 4.74 Å². The molecule has 1 aliphatic rings. The molecule has 2 unspecified atom stereocenters. The average Bonchev–Trinajstić information content (AvgIpc) is 2.56. The fourth-order valence-corrected chi connectivity index (χ4v) is 3.83. The van der Waals surface area contributed by atoms with Gasteiger partial charge in [-0.15, -0.1) is 0 Å². The fourth-order valence-electron chi connectivity index (χ4n) is 3.83. The smallest absolute Gasteiger partial charge is 0.0922 e. The largest absolute Gasteiger partial charge is 0.499 e. The lowest BCUT2D eigenvalue weighted by atomic mass is 9.76. The highest BCUT2D eigenvalue weighted by atomic mass is 16.5. The van der Waals surface area contributed by atoms with Gasteiger partial charge < -0.3 is 4.74 Å². The van der Waals surface area contributed by atoms with E-state index in [9.17, 15) is 0 Å². The lowest BCUT2D eigenvalue weighted by Crippen LogP contribution is -2.15. The molecule has 23 heavy (non-hydrogen) atoms. The molecule has 1 aromatic carbocycles. The second-order valence-electron chi connectivity index (χ2n) is 7.27. The van der Waals surface area contributed by atoms with E-state index in [1.807, 2.05) is 0 Å². The summed E-state index contributed by atoms with van der Waals surface area (Å²) in [6, 6.07) is 9.39. The van der Waals surface area contributed by atoms with Crippen LogP contribution in [0.5, 0.6) is 0 Å². The van der Waals surface area contributed by atoms with E-state index in [1.54, 1.807) is 0 Å². The number of benzene rings is 1. The summed E-state index contributed by atoms with van der Waals surface area (Å²) in [6.07, 6.45) is 9.84. The van der Waals surface area contributed by atoms with Crippen molar-refractivity contribution in [1.29, 1.82) is 0 Å². The van der Waals surface area contributed by atoms with E-state index in [2.05, 4.69) is 58.0 Å². The zero-order chi connectivity index (χ0) is 16.7. The third kappa shape index (κ3) is 5.41. The van der Waals surface area contributed by atoms with Crippen molar-refractivity contribution in [2.45, 2.75) is 78.1 Å². The van der Waals surface area contributed by atoms with E-state index in [4.69, 9.17) is 4.74 Å². The molecule has 2 rings (SSSR count). The molecular formula is C22H34O. The van der Waals surface area contributed by atoms with Crippen LogP contribution >= 0.6 is 0 Å². The molecule has 0 N–H and O–H groups in total. The first-order valence-corrected chi connectivity index (χ1v) is 9.55. The number of ether oxygens (including phenoxy) is 1. The van der Waals surface area contributed by atoms with Crippen LogP contribution in [-0.4, -0.2) is 6.61 Å². The van der Waals surface area contributed by atoms with Gasteiger partial charge in [0.25, 0.3) is 0 Å². The molecule has 1 heteroatoms. The quantitative estimate of drug-likeness (QED) is 0.503. The molecule has 1 aromatic rings. The summed E-state index contributed by atoms with van der Waals surface area (Å²) in [7, 11) is 0. The SMILES string of the molecule is CC/C=C(\CC1CCCC(c2ccc(C(C)C)cc2)C1)OCC. The van der Waals surface area contributed by atoms with E-state index in [0.717, 1.165) is 31.3 Å². The predicted octanol–water partition coefficient (Wildman–Crippen LogP) is 6.80. The normalized spacial score (nSPS) is 22.4. The third-order valence-corrected chi connectivity index (χ3v) is 5.11. The minimum Gasteiger partial charge on any atom is -0.499 e. The first kappa shape index (κ1) is 18.1. The Balaban J connectivity index is 1.98. The maximum Gasteiger partial charge on any atom is 0.0922 e. The van der Waals surface area contributed by atoms with Gasteiger partial charge in [-0.3, -0.25) is 0 Å².